The molecule has 0 saturated heterocycles. The predicted octanol–water partition coefficient (Wildman–Crippen LogP) is 2.34. The van der Waals surface area contributed by atoms with Gasteiger partial charge in [-0.05, 0) is 17.5 Å². The van der Waals surface area contributed by atoms with E-state index in [1.54, 1.807) is 0 Å². The van der Waals surface area contributed by atoms with E-state index in [1.807, 2.05) is 42.5 Å². The van der Waals surface area contributed by atoms with E-state index in [0.29, 0.717) is 5.56 Å². The Morgan fingerprint density at radius 3 is 2.72 bits per heavy atom. The minimum atomic E-state index is -0.291. The molecule has 0 unspecified atom stereocenters. The maximum atomic E-state index is 11.8. The molecule has 2 aromatic carbocycles. The van der Waals surface area contributed by atoms with Crippen molar-refractivity contribution in [1.29, 1.82) is 0 Å². The van der Waals surface area contributed by atoms with E-state index in [-0.39, 0.29) is 24.6 Å². The average Bonchev–Trinajstić information content (AvgIpc) is 2.65. The first-order chi connectivity index (χ1) is 12.2. The molecule has 0 spiro atoms. The summed E-state index contributed by atoms with van der Waals surface area (Å²) < 4.78 is 5.70. The summed E-state index contributed by atoms with van der Waals surface area (Å²) in [5.74, 6) is 6.20. The van der Waals surface area contributed by atoms with Crippen LogP contribution in [0.4, 0.5) is 0 Å². The minimum absolute atomic E-state index is 0.205. The third-order valence-corrected chi connectivity index (χ3v) is 3.56. The fourth-order valence-electron chi connectivity index (χ4n) is 2.33. The summed E-state index contributed by atoms with van der Waals surface area (Å²) in [6.07, 6.45) is 1.37. The van der Waals surface area contributed by atoms with Gasteiger partial charge in [0.25, 0.3) is 5.91 Å². The van der Waals surface area contributed by atoms with Crippen LogP contribution in [0.5, 0.6) is 5.75 Å². The van der Waals surface area contributed by atoms with Gasteiger partial charge in [0.15, 0.2) is 0 Å². The van der Waals surface area contributed by atoms with Gasteiger partial charge in [-0.3, -0.25) is 9.59 Å². The van der Waals surface area contributed by atoms with Crippen LogP contribution in [0.15, 0.2) is 65.6 Å². The van der Waals surface area contributed by atoms with Gasteiger partial charge in [-0.1, -0.05) is 48.2 Å². The molecule has 3 aromatic rings. The summed E-state index contributed by atoms with van der Waals surface area (Å²) in [6.45, 7) is 0.444. The number of H-pyrrole nitrogens is 1. The van der Waals surface area contributed by atoms with Crippen molar-refractivity contribution in [3.63, 3.8) is 0 Å². The Labute approximate surface area is 144 Å². The Balaban J connectivity index is 1.50. The number of carbonyl (C=O) groups is 1. The molecule has 0 saturated carbocycles. The molecule has 1 heterocycles. The lowest BCUT2D eigenvalue weighted by Crippen LogP contribution is -2.24. The number of nitrogens with one attached hydrogen (secondary N) is 2. The first kappa shape index (κ1) is 16.3. The van der Waals surface area contributed by atoms with Crippen molar-refractivity contribution in [2.24, 2.45) is 0 Å². The summed E-state index contributed by atoms with van der Waals surface area (Å²) in [7, 11) is 0. The number of rotatable bonds is 4. The maximum absolute atomic E-state index is 11.8. The number of benzene rings is 2. The van der Waals surface area contributed by atoms with E-state index < -0.39 is 0 Å². The normalized spacial score (nSPS) is 9.92. The molecule has 5 heteroatoms. The summed E-state index contributed by atoms with van der Waals surface area (Å²) in [5.41, 5.74) is 0.135. The molecule has 0 fully saturated rings. The number of hydrogen-bond donors (Lipinski definition) is 2. The summed E-state index contributed by atoms with van der Waals surface area (Å²) in [5, 5.41) is 4.81. The Morgan fingerprint density at radius 2 is 1.88 bits per heavy atom. The zero-order chi connectivity index (χ0) is 17.5. The van der Waals surface area contributed by atoms with Crippen LogP contribution in [0.3, 0.4) is 0 Å². The van der Waals surface area contributed by atoms with Gasteiger partial charge in [0, 0.05) is 17.6 Å². The van der Waals surface area contributed by atoms with Crippen LogP contribution in [-0.4, -0.2) is 24.0 Å². The van der Waals surface area contributed by atoms with Crippen LogP contribution in [-0.2, 0) is 0 Å². The van der Waals surface area contributed by atoms with Gasteiger partial charge in [0.1, 0.15) is 12.4 Å². The quantitative estimate of drug-likeness (QED) is 0.721. The number of pyridine rings is 1. The van der Waals surface area contributed by atoms with E-state index in [4.69, 9.17) is 4.74 Å². The molecular weight excluding hydrogens is 316 g/mol. The van der Waals surface area contributed by atoms with E-state index in [1.165, 1.54) is 18.3 Å². The highest BCUT2D eigenvalue weighted by atomic mass is 16.5. The molecule has 1 amide bonds. The second-order valence-electron chi connectivity index (χ2n) is 5.24. The zero-order valence-electron chi connectivity index (χ0n) is 13.4. The third-order valence-electron chi connectivity index (χ3n) is 3.56. The van der Waals surface area contributed by atoms with Crippen LogP contribution < -0.4 is 15.6 Å². The molecule has 5 nitrogen and oxygen atoms in total. The number of amides is 1. The molecule has 2 N–H and O–H groups in total. The lowest BCUT2D eigenvalue weighted by molar-refractivity contribution is 0.0958. The van der Waals surface area contributed by atoms with E-state index in [2.05, 4.69) is 22.1 Å². The van der Waals surface area contributed by atoms with Gasteiger partial charge in [0.2, 0.25) is 5.56 Å². The maximum Gasteiger partial charge on any atom is 0.253 e. The fraction of sp³-hybridized carbons (Fsp3) is 0.100. The van der Waals surface area contributed by atoms with Gasteiger partial charge < -0.3 is 15.0 Å². The summed E-state index contributed by atoms with van der Waals surface area (Å²) >= 11 is 0. The highest BCUT2D eigenvalue weighted by Crippen LogP contribution is 2.24. The Morgan fingerprint density at radius 1 is 1.04 bits per heavy atom. The van der Waals surface area contributed by atoms with E-state index in [9.17, 15) is 9.59 Å². The number of aromatic amines is 1. The molecular formula is C20H16N2O3. The molecule has 0 bridgehead atoms. The smallest absolute Gasteiger partial charge is 0.253 e. The van der Waals surface area contributed by atoms with Crippen LogP contribution >= 0.6 is 0 Å². The van der Waals surface area contributed by atoms with Gasteiger partial charge >= 0.3 is 0 Å². The zero-order valence-corrected chi connectivity index (χ0v) is 13.4. The largest absolute Gasteiger partial charge is 0.480 e. The molecule has 0 radical (unpaired) electrons. The third kappa shape index (κ3) is 4.27. The second kappa shape index (κ2) is 7.84. The highest BCUT2D eigenvalue weighted by Gasteiger charge is 2.03. The molecule has 25 heavy (non-hydrogen) atoms. The lowest BCUT2D eigenvalue weighted by atomic mass is 10.1. The van der Waals surface area contributed by atoms with E-state index in [0.717, 1.165) is 16.5 Å². The molecule has 0 aliphatic carbocycles. The monoisotopic (exact) mass is 332 g/mol. The van der Waals surface area contributed by atoms with Crippen molar-refractivity contribution in [2.75, 3.05) is 13.2 Å². The Kier molecular flexibility index (Phi) is 5.13. The molecule has 0 aliphatic rings. The lowest BCUT2D eigenvalue weighted by Gasteiger charge is -2.06. The molecule has 1 aromatic heterocycles. The van der Waals surface area contributed by atoms with Crippen molar-refractivity contribution in [2.45, 2.75) is 0 Å². The first-order valence-corrected chi connectivity index (χ1v) is 7.77. The molecule has 0 atom stereocenters. The van der Waals surface area contributed by atoms with Crippen molar-refractivity contribution in [1.82, 2.24) is 10.3 Å². The fourth-order valence-corrected chi connectivity index (χ4v) is 2.33. The molecule has 0 aliphatic heterocycles. The van der Waals surface area contributed by atoms with E-state index >= 15 is 0 Å². The first-order valence-electron chi connectivity index (χ1n) is 7.77. The van der Waals surface area contributed by atoms with Gasteiger partial charge in [-0.15, -0.1) is 0 Å². The van der Waals surface area contributed by atoms with Gasteiger partial charge in [0.05, 0.1) is 12.1 Å². The summed E-state index contributed by atoms with van der Waals surface area (Å²) in [6, 6.07) is 16.6. The number of hydrogen-bond acceptors (Lipinski definition) is 3. The Bertz CT molecular complexity index is 987. The second-order valence-corrected chi connectivity index (χ2v) is 5.24. The van der Waals surface area contributed by atoms with Crippen LogP contribution in [0.25, 0.3) is 10.8 Å². The number of aromatic nitrogens is 1. The van der Waals surface area contributed by atoms with Gasteiger partial charge in [-0.25, -0.2) is 0 Å². The minimum Gasteiger partial charge on any atom is -0.480 e. The highest BCUT2D eigenvalue weighted by molar-refractivity contribution is 5.93. The predicted molar refractivity (Wildman–Crippen MR) is 96.6 cm³/mol. The molecule has 3 rings (SSSR count). The van der Waals surface area contributed by atoms with Crippen molar-refractivity contribution in [3.8, 4) is 17.6 Å². The molecule has 124 valence electrons. The summed E-state index contributed by atoms with van der Waals surface area (Å²) in [4.78, 5) is 25.2. The topological polar surface area (TPSA) is 71.2 Å². The van der Waals surface area contributed by atoms with Crippen LogP contribution in [0, 0.1) is 11.8 Å². The standard InChI is InChI=1S/C20H16N2O3/c23-19-11-10-16(14-22-19)20(24)21-12-3-4-13-25-18-9-5-7-15-6-1-2-8-17(15)18/h1-2,5-11,14H,12-13H2,(H,21,24)(H,22,23). The van der Waals surface area contributed by atoms with Crippen molar-refractivity contribution in [3.05, 3.63) is 76.7 Å². The van der Waals surface area contributed by atoms with Crippen molar-refractivity contribution >= 4 is 16.7 Å². The average molecular weight is 332 g/mol. The number of carbonyl (C=O) groups excluding carboxylic acids is 1. The number of ether oxygens (including phenoxy) is 1. The Hall–Kier alpha value is -3.52. The van der Waals surface area contributed by atoms with Crippen molar-refractivity contribution < 1.29 is 9.53 Å². The SMILES string of the molecule is O=C(NCC#CCOc1cccc2ccccc12)c1ccc(=O)[nH]c1. The van der Waals surface area contributed by atoms with Crippen LogP contribution in [0.2, 0.25) is 0 Å². The van der Waals surface area contributed by atoms with Crippen LogP contribution in [0.1, 0.15) is 10.4 Å². The number of fused-ring (bicyclic) bond motifs is 1. The van der Waals surface area contributed by atoms with Gasteiger partial charge in [-0.2, -0.15) is 0 Å².